The summed E-state index contributed by atoms with van der Waals surface area (Å²) in [7, 11) is 0. The number of fused-ring (bicyclic) bond motifs is 12. The summed E-state index contributed by atoms with van der Waals surface area (Å²) < 4.78 is 8.86. The molecule has 260 valence electrons. The van der Waals surface area contributed by atoms with Gasteiger partial charge in [-0.05, 0) is 57.3 Å². The van der Waals surface area contributed by atoms with Gasteiger partial charge in [0, 0.05) is 55.4 Å². The molecule has 0 spiro atoms. The lowest BCUT2D eigenvalue weighted by atomic mass is 9.91. The average molecular weight is 715 g/mol. The molecule has 0 aliphatic heterocycles. The van der Waals surface area contributed by atoms with Crippen LogP contribution in [0, 0.1) is 0 Å². The van der Waals surface area contributed by atoms with E-state index in [1.54, 1.807) is 0 Å². The van der Waals surface area contributed by atoms with Crippen LogP contribution in [0.1, 0.15) is 0 Å². The number of benzene rings is 9. The quantitative estimate of drug-likeness (QED) is 0.170. The topological polar surface area (TPSA) is 56.7 Å². The molecular formula is C51H30N4O. The molecule has 5 nitrogen and oxygen atoms in total. The Bertz CT molecular complexity index is 3470. The molecule has 3 heterocycles. The molecule has 12 rings (SSSR count). The zero-order valence-corrected chi connectivity index (χ0v) is 30.0. The Morgan fingerprint density at radius 2 is 0.875 bits per heavy atom. The Labute approximate surface area is 320 Å². The van der Waals surface area contributed by atoms with E-state index in [-0.39, 0.29) is 0 Å². The van der Waals surface area contributed by atoms with Crippen molar-refractivity contribution >= 4 is 76.1 Å². The van der Waals surface area contributed by atoms with Gasteiger partial charge in [-0.1, -0.05) is 146 Å². The second kappa shape index (κ2) is 11.9. The predicted molar refractivity (Wildman–Crippen MR) is 230 cm³/mol. The first-order chi connectivity index (χ1) is 27.8. The number of hydrogen-bond acceptors (Lipinski definition) is 4. The Morgan fingerprint density at radius 3 is 1.57 bits per heavy atom. The van der Waals surface area contributed by atoms with Gasteiger partial charge < -0.3 is 8.98 Å². The zero-order chi connectivity index (χ0) is 36.7. The highest BCUT2D eigenvalue weighted by molar-refractivity contribution is 6.29. The summed E-state index contributed by atoms with van der Waals surface area (Å²) in [5.74, 6) is 1.87. The first-order valence-electron chi connectivity index (χ1n) is 18.9. The van der Waals surface area contributed by atoms with Gasteiger partial charge in [-0.15, -0.1) is 0 Å². The summed E-state index contributed by atoms with van der Waals surface area (Å²) in [6.07, 6.45) is 0. The molecule has 0 amide bonds. The lowest BCUT2D eigenvalue weighted by Crippen LogP contribution is -2.02. The van der Waals surface area contributed by atoms with Crippen molar-refractivity contribution in [3.05, 3.63) is 182 Å². The summed E-state index contributed by atoms with van der Waals surface area (Å²) in [5.41, 5.74) is 7.74. The smallest absolute Gasteiger partial charge is 0.164 e. The van der Waals surface area contributed by atoms with Crippen LogP contribution in [0.15, 0.2) is 186 Å². The van der Waals surface area contributed by atoms with Gasteiger partial charge in [0.2, 0.25) is 0 Å². The molecule has 5 heteroatoms. The summed E-state index contributed by atoms with van der Waals surface area (Å²) in [4.78, 5) is 15.7. The highest BCUT2D eigenvalue weighted by Crippen LogP contribution is 2.44. The van der Waals surface area contributed by atoms with Crippen molar-refractivity contribution in [2.45, 2.75) is 0 Å². The molecule has 0 aliphatic rings. The van der Waals surface area contributed by atoms with Crippen molar-refractivity contribution in [2.75, 3.05) is 0 Å². The molecule has 0 saturated carbocycles. The number of aromatic nitrogens is 4. The van der Waals surface area contributed by atoms with Gasteiger partial charge in [0.25, 0.3) is 0 Å². The maximum absolute atomic E-state index is 6.49. The Hall–Kier alpha value is -7.63. The Morgan fingerprint density at radius 1 is 0.339 bits per heavy atom. The van der Waals surface area contributed by atoms with E-state index < -0.39 is 0 Å². The molecule has 0 atom stereocenters. The van der Waals surface area contributed by atoms with Crippen LogP contribution < -0.4 is 0 Å². The third-order valence-electron chi connectivity index (χ3n) is 11.2. The van der Waals surface area contributed by atoms with Crippen LogP contribution in [0.4, 0.5) is 0 Å². The minimum Gasteiger partial charge on any atom is -0.456 e. The van der Waals surface area contributed by atoms with Gasteiger partial charge in [-0.3, -0.25) is 0 Å². The fourth-order valence-corrected chi connectivity index (χ4v) is 8.72. The molecule has 0 radical (unpaired) electrons. The number of nitrogens with zero attached hydrogens (tertiary/aromatic N) is 4. The van der Waals surface area contributed by atoms with Gasteiger partial charge in [-0.2, -0.15) is 0 Å². The first-order valence-corrected chi connectivity index (χ1v) is 18.9. The molecule has 0 unspecified atom stereocenters. The molecule has 9 aromatic carbocycles. The highest BCUT2D eigenvalue weighted by Gasteiger charge is 2.22. The number of rotatable bonds is 4. The number of para-hydroxylation sites is 2. The van der Waals surface area contributed by atoms with Gasteiger partial charge in [0.15, 0.2) is 17.5 Å². The van der Waals surface area contributed by atoms with Crippen LogP contribution in [0.25, 0.3) is 116 Å². The lowest BCUT2D eigenvalue weighted by Gasteiger charge is -2.18. The fourth-order valence-electron chi connectivity index (χ4n) is 8.72. The van der Waals surface area contributed by atoms with Crippen LogP contribution in [0.5, 0.6) is 0 Å². The van der Waals surface area contributed by atoms with Crippen LogP contribution in [0.2, 0.25) is 0 Å². The highest BCUT2D eigenvalue weighted by atomic mass is 16.3. The summed E-state index contributed by atoms with van der Waals surface area (Å²) in [5, 5.41) is 11.5. The van der Waals surface area contributed by atoms with Crippen molar-refractivity contribution in [2.24, 2.45) is 0 Å². The average Bonchev–Trinajstić information content (AvgIpc) is 3.80. The van der Waals surface area contributed by atoms with Crippen LogP contribution in [-0.4, -0.2) is 19.5 Å². The van der Waals surface area contributed by atoms with Gasteiger partial charge in [0.05, 0.1) is 11.0 Å². The molecular weight excluding hydrogens is 685 g/mol. The Balaban J connectivity index is 1.25. The van der Waals surface area contributed by atoms with E-state index in [0.717, 1.165) is 71.5 Å². The van der Waals surface area contributed by atoms with Crippen molar-refractivity contribution in [3.63, 3.8) is 0 Å². The predicted octanol–water partition coefficient (Wildman–Crippen LogP) is 13.3. The minimum absolute atomic E-state index is 0.616. The van der Waals surface area contributed by atoms with E-state index in [9.17, 15) is 0 Å². The fraction of sp³-hybridized carbons (Fsp3) is 0. The van der Waals surface area contributed by atoms with Gasteiger partial charge >= 0.3 is 0 Å². The second-order valence-electron chi connectivity index (χ2n) is 14.4. The third-order valence-corrected chi connectivity index (χ3v) is 11.2. The summed E-state index contributed by atoms with van der Waals surface area (Å²) in [6, 6.07) is 63.8. The maximum atomic E-state index is 6.49. The molecule has 3 aromatic heterocycles. The largest absolute Gasteiger partial charge is 0.456 e. The third kappa shape index (κ3) is 4.58. The van der Waals surface area contributed by atoms with Crippen molar-refractivity contribution in [3.8, 4) is 39.9 Å². The normalized spacial score (nSPS) is 11.9. The van der Waals surface area contributed by atoms with Crippen LogP contribution in [-0.2, 0) is 0 Å². The van der Waals surface area contributed by atoms with E-state index in [1.807, 2.05) is 48.5 Å². The van der Waals surface area contributed by atoms with Crippen molar-refractivity contribution in [1.29, 1.82) is 0 Å². The van der Waals surface area contributed by atoms with Crippen molar-refractivity contribution < 1.29 is 4.42 Å². The second-order valence-corrected chi connectivity index (χ2v) is 14.4. The lowest BCUT2D eigenvalue weighted by molar-refractivity contribution is 0.669. The van der Waals surface area contributed by atoms with E-state index in [1.165, 1.54) is 26.9 Å². The molecule has 0 saturated heterocycles. The standard InChI is InChI=1S/C51H30N4O/c1-3-15-31(16-4-1)49-52-50(32-17-5-2-6-18-32)54-51(53-49)43-28-33(27-42-36-21-8-7-19-34(36)35-20-9-10-24-39(35)48(42)43)55-44-25-13-11-22-37(44)40-29-41-38-23-12-14-26-46(38)56-47(41)30-45(40)55/h1-30H. The molecule has 0 N–H and O–H groups in total. The number of hydrogen-bond donors (Lipinski definition) is 0. The molecule has 56 heavy (non-hydrogen) atoms. The van der Waals surface area contributed by atoms with Crippen LogP contribution >= 0.6 is 0 Å². The molecule has 0 fully saturated rings. The molecule has 12 aromatic rings. The van der Waals surface area contributed by atoms with E-state index in [2.05, 4.69) is 138 Å². The molecule has 0 aliphatic carbocycles. The molecule has 0 bridgehead atoms. The van der Waals surface area contributed by atoms with E-state index >= 15 is 0 Å². The summed E-state index contributed by atoms with van der Waals surface area (Å²) >= 11 is 0. The maximum Gasteiger partial charge on any atom is 0.164 e. The van der Waals surface area contributed by atoms with Crippen LogP contribution in [0.3, 0.4) is 0 Å². The monoisotopic (exact) mass is 714 g/mol. The van der Waals surface area contributed by atoms with Gasteiger partial charge in [0.1, 0.15) is 11.2 Å². The van der Waals surface area contributed by atoms with Gasteiger partial charge in [-0.25, -0.2) is 15.0 Å². The Kier molecular flexibility index (Phi) is 6.56. The minimum atomic E-state index is 0.616. The zero-order valence-electron chi connectivity index (χ0n) is 30.0. The summed E-state index contributed by atoms with van der Waals surface area (Å²) in [6.45, 7) is 0. The number of furan rings is 1. The van der Waals surface area contributed by atoms with E-state index in [4.69, 9.17) is 19.4 Å². The first kappa shape index (κ1) is 30.8. The SMILES string of the molecule is c1ccc(-c2nc(-c3ccccc3)nc(-c3cc(-n4c5ccccc5c5cc6c(cc54)oc4ccccc46)cc4c5ccccc5c5ccccc5c34)n2)cc1. The van der Waals surface area contributed by atoms with Crippen molar-refractivity contribution in [1.82, 2.24) is 19.5 Å². The van der Waals surface area contributed by atoms with E-state index in [0.29, 0.717) is 17.5 Å².